The van der Waals surface area contributed by atoms with Crippen molar-refractivity contribution in [2.45, 2.75) is 37.8 Å². The van der Waals surface area contributed by atoms with E-state index in [-0.39, 0.29) is 11.4 Å². The normalized spacial score (nSPS) is 19.4. The summed E-state index contributed by atoms with van der Waals surface area (Å²) in [7, 11) is 0. The summed E-state index contributed by atoms with van der Waals surface area (Å²) in [6.45, 7) is 1.69. The summed E-state index contributed by atoms with van der Waals surface area (Å²) in [6.07, 6.45) is 3.89. The molecule has 30 heavy (non-hydrogen) atoms. The molecule has 0 atom stereocenters. The Hall–Kier alpha value is -3.04. The van der Waals surface area contributed by atoms with Gasteiger partial charge in [-0.3, -0.25) is 9.48 Å². The zero-order valence-electron chi connectivity index (χ0n) is 16.2. The molecule has 6 rings (SSSR count). The van der Waals surface area contributed by atoms with Gasteiger partial charge in [0.1, 0.15) is 5.82 Å². The minimum absolute atomic E-state index is 0.178. The molecule has 3 aliphatic rings. The van der Waals surface area contributed by atoms with E-state index in [0.717, 1.165) is 12.8 Å². The SMILES string of the molecule is O=c1c(-c2ccc(F)cc2)c(-c2ccnc(NC3CC3)n2)n2n1CC1(C2)OCCO1. The van der Waals surface area contributed by atoms with Gasteiger partial charge in [-0.1, -0.05) is 12.1 Å². The smallest absolute Gasteiger partial charge is 0.275 e. The van der Waals surface area contributed by atoms with E-state index in [4.69, 9.17) is 9.47 Å². The number of ether oxygens (including phenoxy) is 2. The van der Waals surface area contributed by atoms with Gasteiger partial charge in [0.2, 0.25) is 11.7 Å². The molecule has 0 amide bonds. The van der Waals surface area contributed by atoms with Crippen LogP contribution >= 0.6 is 0 Å². The molecule has 2 aromatic heterocycles. The number of nitrogens with zero attached hydrogens (tertiary/aromatic N) is 4. The Bertz CT molecular complexity index is 1180. The second-order valence-corrected chi connectivity index (χ2v) is 7.94. The monoisotopic (exact) mass is 409 g/mol. The predicted molar refractivity (Wildman–Crippen MR) is 106 cm³/mol. The lowest BCUT2D eigenvalue weighted by Gasteiger charge is -2.20. The van der Waals surface area contributed by atoms with Crippen LogP contribution in [-0.2, 0) is 22.6 Å². The highest BCUT2D eigenvalue weighted by Gasteiger charge is 2.46. The Morgan fingerprint density at radius 3 is 2.53 bits per heavy atom. The lowest BCUT2D eigenvalue weighted by Crippen LogP contribution is -2.34. The third-order valence-corrected chi connectivity index (χ3v) is 5.77. The number of hydrogen-bond acceptors (Lipinski definition) is 6. The van der Waals surface area contributed by atoms with Crippen LogP contribution in [0.5, 0.6) is 0 Å². The second-order valence-electron chi connectivity index (χ2n) is 7.94. The Kier molecular flexibility index (Phi) is 3.84. The first-order valence-corrected chi connectivity index (χ1v) is 10.1. The summed E-state index contributed by atoms with van der Waals surface area (Å²) in [6, 6.07) is 8.15. The zero-order valence-corrected chi connectivity index (χ0v) is 16.2. The van der Waals surface area contributed by atoms with E-state index >= 15 is 0 Å². The minimum Gasteiger partial charge on any atom is -0.351 e. The number of rotatable bonds is 4. The number of aromatic nitrogens is 4. The number of anilines is 1. The molecule has 3 aromatic rings. The van der Waals surface area contributed by atoms with Gasteiger partial charge in [-0.25, -0.2) is 19.0 Å². The molecule has 4 heterocycles. The Morgan fingerprint density at radius 2 is 1.80 bits per heavy atom. The van der Waals surface area contributed by atoms with Gasteiger partial charge in [0.25, 0.3) is 5.56 Å². The van der Waals surface area contributed by atoms with Crippen LogP contribution in [-0.4, -0.2) is 44.4 Å². The maximum atomic E-state index is 13.5. The maximum Gasteiger partial charge on any atom is 0.275 e. The average Bonchev–Trinajstić information content (AvgIpc) is 3.22. The Labute approximate surface area is 171 Å². The molecule has 1 aromatic carbocycles. The van der Waals surface area contributed by atoms with E-state index in [1.165, 1.54) is 12.1 Å². The molecular weight excluding hydrogens is 389 g/mol. The van der Waals surface area contributed by atoms with Crippen LogP contribution in [0.25, 0.3) is 22.5 Å². The summed E-state index contributed by atoms with van der Waals surface area (Å²) in [5, 5.41) is 3.30. The zero-order chi connectivity index (χ0) is 20.3. The van der Waals surface area contributed by atoms with Crippen LogP contribution in [0, 0.1) is 5.82 Å². The predicted octanol–water partition coefficient (Wildman–Crippen LogP) is 2.24. The topological polar surface area (TPSA) is 83.2 Å². The highest BCUT2D eigenvalue weighted by Crippen LogP contribution is 2.37. The molecule has 154 valence electrons. The van der Waals surface area contributed by atoms with Crippen LogP contribution in [0.1, 0.15) is 12.8 Å². The van der Waals surface area contributed by atoms with Crippen LogP contribution in [0.4, 0.5) is 10.3 Å². The number of benzene rings is 1. The van der Waals surface area contributed by atoms with Gasteiger partial charge in [0.15, 0.2) is 0 Å². The average molecular weight is 409 g/mol. The van der Waals surface area contributed by atoms with Crippen molar-refractivity contribution in [1.29, 1.82) is 0 Å². The van der Waals surface area contributed by atoms with Crippen molar-refractivity contribution in [3.05, 3.63) is 52.7 Å². The van der Waals surface area contributed by atoms with Crippen molar-refractivity contribution >= 4 is 5.95 Å². The molecule has 9 heteroatoms. The molecule has 8 nitrogen and oxygen atoms in total. The van der Waals surface area contributed by atoms with E-state index in [2.05, 4.69) is 15.3 Å². The number of halogens is 1. The Balaban J connectivity index is 1.53. The largest absolute Gasteiger partial charge is 0.351 e. The van der Waals surface area contributed by atoms with Crippen molar-refractivity contribution in [3.63, 3.8) is 0 Å². The van der Waals surface area contributed by atoms with Gasteiger partial charge < -0.3 is 14.8 Å². The van der Waals surface area contributed by atoms with Crippen molar-refractivity contribution in [2.24, 2.45) is 0 Å². The Morgan fingerprint density at radius 1 is 1.07 bits per heavy atom. The van der Waals surface area contributed by atoms with Gasteiger partial charge in [-0.15, -0.1) is 0 Å². The fourth-order valence-corrected chi connectivity index (χ4v) is 4.20. The molecule has 1 aliphatic carbocycles. The highest BCUT2D eigenvalue weighted by atomic mass is 19.1. The van der Waals surface area contributed by atoms with E-state index in [1.807, 2.05) is 4.68 Å². The number of hydrogen-bond donors (Lipinski definition) is 1. The van der Waals surface area contributed by atoms with Crippen LogP contribution in [0.3, 0.4) is 0 Å². The fourth-order valence-electron chi connectivity index (χ4n) is 4.20. The van der Waals surface area contributed by atoms with Crippen LogP contribution < -0.4 is 10.9 Å². The van der Waals surface area contributed by atoms with E-state index in [9.17, 15) is 9.18 Å². The van der Waals surface area contributed by atoms with E-state index < -0.39 is 5.79 Å². The molecule has 0 bridgehead atoms. The number of nitrogens with one attached hydrogen (secondary N) is 1. The summed E-state index contributed by atoms with van der Waals surface area (Å²) in [4.78, 5) is 22.4. The van der Waals surface area contributed by atoms with Crippen LogP contribution in [0.15, 0.2) is 41.3 Å². The molecule has 2 fully saturated rings. The summed E-state index contributed by atoms with van der Waals surface area (Å²) < 4.78 is 28.7. The second kappa shape index (κ2) is 6.48. The molecule has 1 spiro atoms. The minimum atomic E-state index is -0.822. The van der Waals surface area contributed by atoms with E-state index in [0.29, 0.717) is 60.8 Å². The molecule has 1 N–H and O–H groups in total. The third-order valence-electron chi connectivity index (χ3n) is 5.77. The molecule has 2 aliphatic heterocycles. The number of fused-ring (bicyclic) bond motifs is 1. The van der Waals surface area contributed by atoms with Crippen molar-refractivity contribution in [3.8, 4) is 22.5 Å². The van der Waals surface area contributed by atoms with Gasteiger partial charge in [0.05, 0.1) is 43.3 Å². The fraction of sp³-hybridized carbons (Fsp3) is 0.381. The van der Waals surface area contributed by atoms with Gasteiger partial charge in [-0.05, 0) is 36.6 Å². The molecule has 1 saturated carbocycles. The molecule has 1 saturated heterocycles. The van der Waals surface area contributed by atoms with Gasteiger partial charge >= 0.3 is 0 Å². The molecule has 0 unspecified atom stereocenters. The van der Waals surface area contributed by atoms with Crippen molar-refractivity contribution in [1.82, 2.24) is 19.3 Å². The van der Waals surface area contributed by atoms with E-state index in [1.54, 1.807) is 29.1 Å². The first-order valence-electron chi connectivity index (χ1n) is 10.1. The summed E-state index contributed by atoms with van der Waals surface area (Å²) in [5.41, 5.74) is 2.23. The summed E-state index contributed by atoms with van der Waals surface area (Å²) in [5.74, 6) is -0.636. The first kappa shape index (κ1) is 17.8. The first-order chi connectivity index (χ1) is 14.6. The molecule has 0 radical (unpaired) electrons. The summed E-state index contributed by atoms with van der Waals surface area (Å²) >= 11 is 0. The van der Waals surface area contributed by atoms with Gasteiger partial charge in [-0.2, -0.15) is 0 Å². The van der Waals surface area contributed by atoms with Crippen LogP contribution in [0.2, 0.25) is 0 Å². The van der Waals surface area contributed by atoms with Crippen molar-refractivity contribution in [2.75, 3.05) is 18.5 Å². The molecular formula is C21H20FN5O3. The maximum absolute atomic E-state index is 13.5. The quantitative estimate of drug-likeness (QED) is 0.712. The highest BCUT2D eigenvalue weighted by molar-refractivity contribution is 5.79. The van der Waals surface area contributed by atoms with Crippen molar-refractivity contribution < 1.29 is 13.9 Å². The standard InChI is InChI=1S/C21H20FN5O3/c22-14-3-1-13(2-4-14)17-18(16-7-8-23-20(25-16)24-15-5-6-15)26-11-21(29-9-10-30-21)12-27(26)19(17)28/h1-4,7-8,15H,5-6,9-12H2,(H,23,24,25). The lowest BCUT2D eigenvalue weighted by atomic mass is 10.0. The third kappa shape index (κ3) is 2.85. The lowest BCUT2D eigenvalue weighted by molar-refractivity contribution is -0.158. The van der Waals surface area contributed by atoms with Gasteiger partial charge in [0, 0.05) is 12.2 Å².